The standard InChI is InChI=1S/C14H23N3O2S.ClH/c1-5-9-8-16-12(20-9)17-11(18)14(15)7-10(19-6-2)13(14,3)4;/h8,10H,5-7,15H2,1-4H3,(H,16,17,18);1H. The summed E-state index contributed by atoms with van der Waals surface area (Å²) in [6.45, 7) is 8.61. The molecule has 2 unspecified atom stereocenters. The minimum absolute atomic E-state index is 0. The summed E-state index contributed by atoms with van der Waals surface area (Å²) in [7, 11) is 0. The number of ether oxygens (including phenoxy) is 1. The first-order valence-corrected chi connectivity index (χ1v) is 7.83. The Morgan fingerprint density at radius 1 is 1.57 bits per heavy atom. The monoisotopic (exact) mass is 333 g/mol. The molecule has 1 heterocycles. The number of carbonyl (C=O) groups is 1. The third kappa shape index (κ3) is 3.08. The summed E-state index contributed by atoms with van der Waals surface area (Å²) < 4.78 is 5.64. The molecule has 1 fully saturated rings. The number of aromatic nitrogens is 1. The highest BCUT2D eigenvalue weighted by Gasteiger charge is 2.62. The van der Waals surface area contributed by atoms with E-state index in [1.165, 1.54) is 11.3 Å². The SMILES string of the molecule is CCOC1CC(N)(C(=O)Nc2ncc(CC)s2)C1(C)C.Cl. The van der Waals surface area contributed by atoms with Crippen molar-refractivity contribution in [3.05, 3.63) is 11.1 Å². The number of nitrogens with two attached hydrogens (primary N) is 1. The lowest BCUT2D eigenvalue weighted by Gasteiger charge is -2.57. The van der Waals surface area contributed by atoms with Crippen LogP contribution in [0.4, 0.5) is 5.13 Å². The van der Waals surface area contributed by atoms with Gasteiger partial charge in [-0.3, -0.25) is 4.79 Å². The van der Waals surface area contributed by atoms with Gasteiger partial charge in [-0.05, 0) is 13.3 Å². The van der Waals surface area contributed by atoms with Gasteiger partial charge in [0.25, 0.3) is 0 Å². The first-order chi connectivity index (χ1) is 9.35. The molecule has 0 aromatic carbocycles. The van der Waals surface area contributed by atoms with Gasteiger partial charge >= 0.3 is 0 Å². The third-order valence-corrected chi connectivity index (χ3v) is 5.41. The first kappa shape index (κ1) is 18.4. The van der Waals surface area contributed by atoms with Gasteiger partial charge in [-0.15, -0.1) is 23.7 Å². The number of hydrogen-bond acceptors (Lipinski definition) is 5. The fourth-order valence-corrected chi connectivity index (χ4v) is 3.31. The van der Waals surface area contributed by atoms with E-state index in [1.54, 1.807) is 6.20 Å². The van der Waals surface area contributed by atoms with Crippen LogP contribution >= 0.6 is 23.7 Å². The van der Waals surface area contributed by atoms with Crippen LogP contribution in [-0.2, 0) is 16.0 Å². The molecule has 5 nitrogen and oxygen atoms in total. The van der Waals surface area contributed by atoms with Gasteiger partial charge in [-0.25, -0.2) is 4.98 Å². The summed E-state index contributed by atoms with van der Waals surface area (Å²) in [4.78, 5) is 17.8. The highest BCUT2D eigenvalue weighted by Crippen LogP contribution is 2.50. The van der Waals surface area contributed by atoms with Crippen molar-refractivity contribution in [1.29, 1.82) is 0 Å². The van der Waals surface area contributed by atoms with Crippen LogP contribution in [0, 0.1) is 5.41 Å². The van der Waals surface area contributed by atoms with E-state index in [4.69, 9.17) is 10.5 Å². The number of nitrogens with one attached hydrogen (secondary N) is 1. The van der Waals surface area contributed by atoms with Crippen LogP contribution in [0.1, 0.15) is 39.0 Å². The molecule has 0 saturated heterocycles. The molecule has 120 valence electrons. The summed E-state index contributed by atoms with van der Waals surface area (Å²) in [5.41, 5.74) is 5.04. The van der Waals surface area contributed by atoms with Crippen molar-refractivity contribution in [2.75, 3.05) is 11.9 Å². The first-order valence-electron chi connectivity index (χ1n) is 7.01. The number of aryl methyl sites for hydroxylation is 1. The molecule has 3 N–H and O–H groups in total. The molecule has 2 rings (SSSR count). The minimum Gasteiger partial charge on any atom is -0.378 e. The Kier molecular flexibility index (Phi) is 5.77. The zero-order valence-electron chi connectivity index (χ0n) is 12.9. The summed E-state index contributed by atoms with van der Waals surface area (Å²) in [5.74, 6) is -0.171. The van der Waals surface area contributed by atoms with Crippen LogP contribution in [0.25, 0.3) is 0 Å². The molecule has 1 amide bonds. The third-order valence-electron chi connectivity index (χ3n) is 4.36. The zero-order valence-corrected chi connectivity index (χ0v) is 14.6. The van der Waals surface area contributed by atoms with Crippen molar-refractivity contribution >= 4 is 34.8 Å². The highest BCUT2D eigenvalue weighted by molar-refractivity contribution is 7.15. The number of hydrogen-bond donors (Lipinski definition) is 2. The Morgan fingerprint density at radius 3 is 2.71 bits per heavy atom. The number of halogens is 1. The predicted molar refractivity (Wildman–Crippen MR) is 88.1 cm³/mol. The fourth-order valence-electron chi connectivity index (χ4n) is 2.56. The lowest BCUT2D eigenvalue weighted by Crippen LogP contribution is -2.74. The van der Waals surface area contributed by atoms with Gasteiger partial charge in [0.2, 0.25) is 5.91 Å². The molecule has 0 bridgehead atoms. The van der Waals surface area contributed by atoms with Gasteiger partial charge in [0.15, 0.2) is 5.13 Å². The zero-order chi connectivity index (χ0) is 15.0. The van der Waals surface area contributed by atoms with Crippen LogP contribution in [0.5, 0.6) is 0 Å². The molecule has 1 aliphatic carbocycles. The van der Waals surface area contributed by atoms with Gasteiger partial charge in [0.05, 0.1) is 6.10 Å². The van der Waals surface area contributed by atoms with E-state index in [0.29, 0.717) is 18.2 Å². The Balaban J connectivity index is 0.00000220. The number of carbonyl (C=O) groups excluding carboxylic acids is 1. The summed E-state index contributed by atoms with van der Waals surface area (Å²) in [6.07, 6.45) is 3.29. The molecule has 0 spiro atoms. The smallest absolute Gasteiger partial charge is 0.246 e. The summed E-state index contributed by atoms with van der Waals surface area (Å²) >= 11 is 1.49. The van der Waals surface area contributed by atoms with Crippen LogP contribution < -0.4 is 11.1 Å². The van der Waals surface area contributed by atoms with E-state index in [9.17, 15) is 4.79 Å². The maximum Gasteiger partial charge on any atom is 0.246 e. The number of amides is 1. The Hall–Kier alpha value is -0.690. The van der Waals surface area contributed by atoms with E-state index < -0.39 is 5.54 Å². The number of nitrogens with zero attached hydrogens (tertiary/aromatic N) is 1. The van der Waals surface area contributed by atoms with Crippen molar-refractivity contribution in [1.82, 2.24) is 4.98 Å². The number of anilines is 1. The summed E-state index contributed by atoms with van der Waals surface area (Å²) in [6, 6.07) is 0. The molecular formula is C14H24ClN3O2S. The largest absolute Gasteiger partial charge is 0.378 e. The summed E-state index contributed by atoms with van der Waals surface area (Å²) in [5, 5.41) is 3.46. The topological polar surface area (TPSA) is 77.2 Å². The molecule has 7 heteroatoms. The second-order valence-electron chi connectivity index (χ2n) is 5.78. The minimum atomic E-state index is -0.898. The highest BCUT2D eigenvalue weighted by atomic mass is 35.5. The maximum atomic E-state index is 12.5. The molecule has 1 aromatic heterocycles. The predicted octanol–water partition coefficient (Wildman–Crippen LogP) is 2.60. The lowest BCUT2D eigenvalue weighted by atomic mass is 9.54. The average molecular weight is 334 g/mol. The van der Waals surface area contributed by atoms with Gasteiger partial charge < -0.3 is 15.8 Å². The maximum absolute atomic E-state index is 12.5. The van der Waals surface area contributed by atoms with Crippen LogP contribution in [0.2, 0.25) is 0 Å². The molecule has 1 aromatic rings. The molecular weight excluding hydrogens is 310 g/mol. The van der Waals surface area contributed by atoms with Crippen molar-refractivity contribution in [2.24, 2.45) is 11.1 Å². The number of thiazole rings is 1. The molecule has 2 atom stereocenters. The van der Waals surface area contributed by atoms with E-state index in [0.717, 1.165) is 11.3 Å². The van der Waals surface area contributed by atoms with Crippen molar-refractivity contribution in [3.8, 4) is 0 Å². The van der Waals surface area contributed by atoms with Crippen LogP contribution in [-0.4, -0.2) is 29.1 Å². The van der Waals surface area contributed by atoms with Crippen molar-refractivity contribution < 1.29 is 9.53 Å². The van der Waals surface area contributed by atoms with E-state index in [1.807, 2.05) is 20.8 Å². The molecule has 0 radical (unpaired) electrons. The molecule has 21 heavy (non-hydrogen) atoms. The second kappa shape index (κ2) is 6.60. The Morgan fingerprint density at radius 2 is 2.24 bits per heavy atom. The fraction of sp³-hybridized carbons (Fsp3) is 0.714. The quantitative estimate of drug-likeness (QED) is 0.868. The second-order valence-corrected chi connectivity index (χ2v) is 6.90. The van der Waals surface area contributed by atoms with E-state index >= 15 is 0 Å². The van der Waals surface area contributed by atoms with E-state index in [-0.39, 0.29) is 29.8 Å². The normalized spacial score (nSPS) is 26.6. The van der Waals surface area contributed by atoms with Crippen molar-refractivity contribution in [2.45, 2.75) is 52.2 Å². The number of rotatable bonds is 5. The average Bonchev–Trinajstić information content (AvgIpc) is 2.85. The Bertz CT molecular complexity index is 506. The lowest BCUT2D eigenvalue weighted by molar-refractivity contribution is -0.166. The molecule has 1 saturated carbocycles. The van der Waals surface area contributed by atoms with Crippen molar-refractivity contribution in [3.63, 3.8) is 0 Å². The Labute approximate surface area is 136 Å². The van der Waals surface area contributed by atoms with Gasteiger partial charge in [-0.1, -0.05) is 20.8 Å². The van der Waals surface area contributed by atoms with Crippen LogP contribution in [0.15, 0.2) is 6.20 Å². The molecule has 0 aliphatic heterocycles. The van der Waals surface area contributed by atoms with E-state index in [2.05, 4.69) is 17.2 Å². The van der Waals surface area contributed by atoms with Gasteiger partial charge in [0, 0.05) is 29.5 Å². The van der Waals surface area contributed by atoms with Gasteiger partial charge in [0.1, 0.15) is 5.54 Å². The van der Waals surface area contributed by atoms with Gasteiger partial charge in [-0.2, -0.15) is 0 Å². The molecule has 1 aliphatic rings. The van der Waals surface area contributed by atoms with Crippen LogP contribution in [0.3, 0.4) is 0 Å².